The lowest BCUT2D eigenvalue weighted by Gasteiger charge is -2.27. The van der Waals surface area contributed by atoms with Crippen molar-refractivity contribution in [2.24, 2.45) is 0 Å². The van der Waals surface area contributed by atoms with E-state index in [2.05, 4.69) is 10.2 Å². The lowest BCUT2D eigenvalue weighted by molar-refractivity contribution is 0.0990. The lowest BCUT2D eigenvalue weighted by atomic mass is 10.1. The van der Waals surface area contributed by atoms with Gasteiger partial charge in [0.1, 0.15) is 12.2 Å². The number of benzene rings is 2. The molecule has 9 heteroatoms. The number of carbonyl (C=O) groups is 1. The highest BCUT2D eigenvalue weighted by atomic mass is 19.2. The largest absolute Gasteiger partial charge is 0.486 e. The van der Waals surface area contributed by atoms with E-state index in [1.54, 1.807) is 23.6 Å². The number of rotatable bonds is 3. The average molecular weight is 448 g/mol. The van der Waals surface area contributed by atoms with Crippen molar-refractivity contribution in [1.29, 1.82) is 0 Å². The highest BCUT2D eigenvalue weighted by molar-refractivity contribution is 6.07. The van der Waals surface area contributed by atoms with Crippen molar-refractivity contribution in [3.63, 3.8) is 0 Å². The third-order valence-electron chi connectivity index (χ3n) is 5.71. The predicted molar refractivity (Wildman–Crippen MR) is 119 cm³/mol. The molecule has 4 aromatic rings. The minimum atomic E-state index is -1.21. The van der Waals surface area contributed by atoms with Gasteiger partial charge in [0.25, 0.3) is 5.91 Å². The average Bonchev–Trinajstić information content (AvgIpc) is 2.84. The zero-order chi connectivity index (χ0) is 23.3. The fourth-order valence-corrected chi connectivity index (χ4v) is 3.90. The normalized spacial score (nSPS) is 14.7. The van der Waals surface area contributed by atoms with Crippen LogP contribution in [0, 0.1) is 11.6 Å². The van der Waals surface area contributed by atoms with E-state index in [4.69, 9.17) is 4.74 Å². The number of anilines is 1. The van der Waals surface area contributed by atoms with Gasteiger partial charge in [0.05, 0.1) is 22.6 Å². The highest BCUT2D eigenvalue weighted by Crippen LogP contribution is 2.35. The first-order valence-corrected chi connectivity index (χ1v) is 10.2. The van der Waals surface area contributed by atoms with E-state index < -0.39 is 23.0 Å². The third-order valence-corrected chi connectivity index (χ3v) is 5.71. The Kier molecular flexibility index (Phi) is 4.88. The molecule has 0 spiro atoms. The molecule has 1 aliphatic rings. The second kappa shape index (κ2) is 7.77. The molecule has 1 amide bonds. The topological polar surface area (TPSA) is 77.3 Å². The molecule has 2 aromatic carbocycles. The summed E-state index contributed by atoms with van der Waals surface area (Å²) >= 11 is 0. The van der Waals surface area contributed by atoms with E-state index in [0.29, 0.717) is 5.69 Å². The van der Waals surface area contributed by atoms with Crippen LogP contribution in [0.4, 0.5) is 14.6 Å². The fraction of sp³-hybridized carbons (Fsp3) is 0.167. The number of nitrogens with zero attached hydrogens (tertiary/aromatic N) is 4. The van der Waals surface area contributed by atoms with E-state index >= 15 is 0 Å². The Labute approximate surface area is 186 Å². The van der Waals surface area contributed by atoms with Crippen molar-refractivity contribution in [2.75, 3.05) is 18.6 Å². The van der Waals surface area contributed by atoms with Crippen LogP contribution in [0.5, 0.6) is 5.75 Å². The molecule has 0 bridgehead atoms. The molecule has 3 heterocycles. The van der Waals surface area contributed by atoms with E-state index in [0.717, 1.165) is 11.6 Å². The summed E-state index contributed by atoms with van der Waals surface area (Å²) < 4.78 is 35.3. The third kappa shape index (κ3) is 3.32. The molecule has 0 unspecified atom stereocenters. The maximum Gasteiger partial charge on any atom is 0.264 e. The first kappa shape index (κ1) is 20.7. The van der Waals surface area contributed by atoms with Crippen LogP contribution in [-0.4, -0.2) is 34.3 Å². The molecular weight excluding hydrogens is 430 g/mol. The molecular formula is C24H18F2N4O3. The number of ether oxygens (including phenoxy) is 1. The van der Waals surface area contributed by atoms with Gasteiger partial charge in [-0.1, -0.05) is 30.3 Å². The Bertz CT molecular complexity index is 1450. The first-order valence-electron chi connectivity index (χ1n) is 10.2. The van der Waals surface area contributed by atoms with Gasteiger partial charge in [0.2, 0.25) is 11.2 Å². The molecule has 1 aliphatic heterocycles. The molecule has 0 saturated carbocycles. The van der Waals surface area contributed by atoms with Crippen LogP contribution in [0.15, 0.2) is 59.5 Å². The molecule has 166 valence electrons. The Morgan fingerprint density at radius 2 is 1.91 bits per heavy atom. The molecule has 5 rings (SSSR count). The molecule has 2 aromatic heterocycles. The van der Waals surface area contributed by atoms with Gasteiger partial charge in [0, 0.05) is 18.8 Å². The number of hydrogen-bond acceptors (Lipinski definition) is 5. The standard InChI is InChI=1S/C24H18F2N4O3/c1-13-12-33-23-20(26)17(25)10-15-21(23)30(13)11-16(22(15)31)24(32)29(2)19-9-8-18(27-28-19)14-6-4-3-5-7-14/h3-11,13H,12H2,1-2H3/t13-/m0/s1. The summed E-state index contributed by atoms with van der Waals surface area (Å²) in [6.07, 6.45) is 1.36. The highest BCUT2D eigenvalue weighted by Gasteiger charge is 2.29. The molecule has 0 aliphatic carbocycles. The first-order chi connectivity index (χ1) is 15.9. The van der Waals surface area contributed by atoms with Crippen molar-refractivity contribution in [3.05, 3.63) is 82.1 Å². The van der Waals surface area contributed by atoms with Gasteiger partial charge in [-0.15, -0.1) is 10.2 Å². The quantitative estimate of drug-likeness (QED) is 0.474. The summed E-state index contributed by atoms with van der Waals surface area (Å²) in [6.45, 7) is 1.86. The van der Waals surface area contributed by atoms with Crippen LogP contribution in [-0.2, 0) is 0 Å². The zero-order valence-corrected chi connectivity index (χ0v) is 17.8. The molecule has 0 radical (unpaired) electrons. The van der Waals surface area contributed by atoms with Crippen LogP contribution >= 0.6 is 0 Å². The Balaban J connectivity index is 1.57. The van der Waals surface area contributed by atoms with E-state index in [1.807, 2.05) is 30.3 Å². The molecule has 0 fully saturated rings. The van der Waals surface area contributed by atoms with Crippen molar-refractivity contribution in [2.45, 2.75) is 13.0 Å². The van der Waals surface area contributed by atoms with Crippen molar-refractivity contribution in [1.82, 2.24) is 14.8 Å². The molecule has 0 saturated heterocycles. The van der Waals surface area contributed by atoms with Crippen molar-refractivity contribution in [3.8, 4) is 17.0 Å². The molecule has 33 heavy (non-hydrogen) atoms. The number of carbonyl (C=O) groups excluding carboxylic acids is 1. The van der Waals surface area contributed by atoms with E-state index in [-0.39, 0.29) is 40.7 Å². The van der Waals surface area contributed by atoms with Crippen LogP contribution in [0.2, 0.25) is 0 Å². The van der Waals surface area contributed by atoms with Crippen LogP contribution in [0.3, 0.4) is 0 Å². The van der Waals surface area contributed by atoms with Gasteiger partial charge in [-0.25, -0.2) is 4.39 Å². The number of pyridine rings is 1. The number of hydrogen-bond donors (Lipinski definition) is 0. The van der Waals surface area contributed by atoms with Gasteiger partial charge in [0.15, 0.2) is 17.4 Å². The molecule has 7 nitrogen and oxygen atoms in total. The Morgan fingerprint density at radius 3 is 2.61 bits per heavy atom. The van der Waals surface area contributed by atoms with E-state index in [9.17, 15) is 18.4 Å². The number of amides is 1. The monoisotopic (exact) mass is 448 g/mol. The second-order valence-electron chi connectivity index (χ2n) is 7.84. The maximum absolute atomic E-state index is 14.3. The van der Waals surface area contributed by atoms with E-state index in [1.165, 1.54) is 18.1 Å². The summed E-state index contributed by atoms with van der Waals surface area (Å²) in [4.78, 5) is 27.6. The molecule has 1 atom stereocenters. The number of aromatic nitrogens is 3. The summed E-state index contributed by atoms with van der Waals surface area (Å²) in [5.74, 6) is -3.10. The van der Waals surface area contributed by atoms with Gasteiger partial charge in [-0.05, 0) is 25.1 Å². The lowest BCUT2D eigenvalue weighted by Crippen LogP contribution is -2.34. The summed E-state index contributed by atoms with van der Waals surface area (Å²) in [5, 5.41) is 8.17. The van der Waals surface area contributed by atoms with Gasteiger partial charge < -0.3 is 9.30 Å². The summed E-state index contributed by atoms with van der Waals surface area (Å²) in [5.41, 5.74) is 0.728. The smallest absolute Gasteiger partial charge is 0.264 e. The van der Waals surface area contributed by atoms with Crippen LogP contribution in [0.1, 0.15) is 23.3 Å². The maximum atomic E-state index is 14.3. The number of halogens is 2. The van der Waals surface area contributed by atoms with Crippen molar-refractivity contribution >= 4 is 22.6 Å². The van der Waals surface area contributed by atoms with Crippen LogP contribution in [0.25, 0.3) is 22.2 Å². The van der Waals surface area contributed by atoms with Gasteiger partial charge in [-0.3, -0.25) is 14.5 Å². The van der Waals surface area contributed by atoms with Crippen molar-refractivity contribution < 1.29 is 18.3 Å². The molecule has 0 N–H and O–H groups in total. The predicted octanol–water partition coefficient (Wildman–Crippen LogP) is 3.97. The fourth-order valence-electron chi connectivity index (χ4n) is 3.90. The zero-order valence-electron chi connectivity index (χ0n) is 17.8. The van der Waals surface area contributed by atoms with Crippen LogP contribution < -0.4 is 15.1 Å². The second-order valence-corrected chi connectivity index (χ2v) is 7.84. The summed E-state index contributed by atoms with van der Waals surface area (Å²) in [6, 6.07) is 13.3. The van der Waals surface area contributed by atoms with Gasteiger partial charge in [-0.2, -0.15) is 4.39 Å². The minimum Gasteiger partial charge on any atom is -0.486 e. The Morgan fingerprint density at radius 1 is 1.15 bits per heavy atom. The minimum absolute atomic E-state index is 0.0707. The van der Waals surface area contributed by atoms with Gasteiger partial charge >= 0.3 is 0 Å². The summed E-state index contributed by atoms with van der Waals surface area (Å²) in [7, 11) is 1.47. The Hall–Kier alpha value is -4.14. The SMILES string of the molecule is C[C@H]1COc2c(F)c(F)cc3c(=O)c(C(=O)N(C)c4ccc(-c5ccccc5)nn4)cn1c23.